The second kappa shape index (κ2) is 5.92. The van der Waals surface area contributed by atoms with E-state index in [1.807, 2.05) is 19.1 Å². The van der Waals surface area contributed by atoms with Gasteiger partial charge in [-0.25, -0.2) is 0 Å². The molecule has 0 saturated heterocycles. The lowest BCUT2D eigenvalue weighted by molar-refractivity contribution is 0.340. The van der Waals surface area contributed by atoms with Crippen molar-refractivity contribution in [2.24, 2.45) is 0 Å². The maximum absolute atomic E-state index is 6.06. The minimum absolute atomic E-state index is 0.661. The Morgan fingerprint density at radius 3 is 2.64 bits per heavy atom. The van der Waals surface area contributed by atoms with E-state index in [0.29, 0.717) is 6.61 Å². The van der Waals surface area contributed by atoms with E-state index in [4.69, 9.17) is 16.3 Å². The fourth-order valence-corrected chi connectivity index (χ4v) is 1.61. The summed E-state index contributed by atoms with van der Waals surface area (Å²) in [6, 6.07) is 6.05. The van der Waals surface area contributed by atoms with Gasteiger partial charge < -0.3 is 4.74 Å². The first-order valence-corrected chi connectivity index (χ1v) is 5.57. The quantitative estimate of drug-likeness (QED) is 0.715. The molecule has 78 valence electrons. The highest BCUT2D eigenvalue weighted by Crippen LogP contribution is 2.25. The van der Waals surface area contributed by atoms with Crippen molar-refractivity contribution < 1.29 is 4.74 Å². The Balaban J connectivity index is 2.68. The molecule has 0 N–H and O–H groups in total. The Labute approximate surface area is 91.0 Å². The molecule has 0 heterocycles. The number of hydrogen-bond acceptors (Lipinski definition) is 1. The number of hydrogen-bond donors (Lipinski definition) is 0. The van der Waals surface area contributed by atoms with E-state index in [2.05, 4.69) is 13.0 Å². The Morgan fingerprint density at radius 1 is 1.29 bits per heavy atom. The van der Waals surface area contributed by atoms with Crippen LogP contribution in [0.4, 0.5) is 0 Å². The van der Waals surface area contributed by atoms with E-state index in [9.17, 15) is 0 Å². The molecule has 0 aliphatic heterocycles. The molecule has 0 spiro atoms. The fraction of sp³-hybridized carbons (Fsp3) is 0.500. The van der Waals surface area contributed by atoms with Crippen LogP contribution >= 0.6 is 11.6 Å². The van der Waals surface area contributed by atoms with Crippen molar-refractivity contribution in [3.05, 3.63) is 28.8 Å². The summed E-state index contributed by atoms with van der Waals surface area (Å²) in [6.45, 7) is 4.81. The van der Waals surface area contributed by atoms with E-state index in [1.165, 1.54) is 18.4 Å². The molecule has 1 aromatic rings. The van der Waals surface area contributed by atoms with E-state index >= 15 is 0 Å². The van der Waals surface area contributed by atoms with Crippen LogP contribution in [-0.2, 0) is 6.42 Å². The van der Waals surface area contributed by atoms with Gasteiger partial charge in [0.1, 0.15) is 5.75 Å². The molecular weight excluding hydrogens is 196 g/mol. The van der Waals surface area contributed by atoms with Crippen molar-refractivity contribution in [1.82, 2.24) is 0 Å². The third-order valence-electron chi connectivity index (χ3n) is 2.12. The van der Waals surface area contributed by atoms with Crippen LogP contribution in [0.2, 0.25) is 5.02 Å². The molecule has 1 aromatic carbocycles. The highest BCUT2D eigenvalue weighted by molar-refractivity contribution is 6.32. The van der Waals surface area contributed by atoms with Crippen molar-refractivity contribution in [3.8, 4) is 5.75 Å². The Hall–Kier alpha value is -0.690. The molecule has 1 nitrogen and oxygen atoms in total. The molecule has 1 rings (SSSR count). The van der Waals surface area contributed by atoms with Crippen molar-refractivity contribution >= 4 is 11.6 Å². The summed E-state index contributed by atoms with van der Waals surface area (Å²) in [6.07, 6.45) is 3.53. The van der Waals surface area contributed by atoms with Crippen LogP contribution in [0.15, 0.2) is 18.2 Å². The van der Waals surface area contributed by atoms with Gasteiger partial charge in [-0.2, -0.15) is 0 Å². The molecule has 0 saturated carbocycles. The summed E-state index contributed by atoms with van der Waals surface area (Å²) < 4.78 is 5.36. The van der Waals surface area contributed by atoms with Gasteiger partial charge in [-0.15, -0.1) is 0 Å². The van der Waals surface area contributed by atoms with Gasteiger partial charge in [0, 0.05) is 0 Å². The fourth-order valence-electron chi connectivity index (χ4n) is 1.35. The largest absolute Gasteiger partial charge is 0.492 e. The molecule has 2 heteroatoms. The minimum atomic E-state index is 0.661. The van der Waals surface area contributed by atoms with E-state index < -0.39 is 0 Å². The summed E-state index contributed by atoms with van der Waals surface area (Å²) in [4.78, 5) is 0. The monoisotopic (exact) mass is 212 g/mol. The zero-order valence-corrected chi connectivity index (χ0v) is 9.60. The van der Waals surface area contributed by atoms with Crippen LogP contribution in [0.1, 0.15) is 32.3 Å². The van der Waals surface area contributed by atoms with Crippen LogP contribution < -0.4 is 4.74 Å². The van der Waals surface area contributed by atoms with Crippen molar-refractivity contribution in [1.29, 1.82) is 0 Å². The molecule has 0 unspecified atom stereocenters. The van der Waals surface area contributed by atoms with Gasteiger partial charge in [0.15, 0.2) is 0 Å². The highest BCUT2D eigenvalue weighted by atomic mass is 35.5. The molecule has 0 aliphatic rings. The SMILES string of the molecule is CCCCc1ccc(OCC)c(Cl)c1. The van der Waals surface area contributed by atoms with E-state index in [0.717, 1.165) is 17.2 Å². The minimum Gasteiger partial charge on any atom is -0.492 e. The Bertz CT molecular complexity index is 284. The molecule has 14 heavy (non-hydrogen) atoms. The smallest absolute Gasteiger partial charge is 0.137 e. The second-order valence-corrected chi connectivity index (χ2v) is 3.71. The van der Waals surface area contributed by atoms with Gasteiger partial charge in [-0.05, 0) is 37.5 Å². The third kappa shape index (κ3) is 3.22. The second-order valence-electron chi connectivity index (χ2n) is 3.30. The van der Waals surface area contributed by atoms with Crippen molar-refractivity contribution in [3.63, 3.8) is 0 Å². The number of unbranched alkanes of at least 4 members (excludes halogenated alkanes) is 1. The van der Waals surface area contributed by atoms with Crippen LogP contribution in [-0.4, -0.2) is 6.61 Å². The van der Waals surface area contributed by atoms with E-state index in [-0.39, 0.29) is 0 Å². The summed E-state index contributed by atoms with van der Waals surface area (Å²) in [7, 11) is 0. The van der Waals surface area contributed by atoms with Crippen LogP contribution in [0, 0.1) is 0 Å². The summed E-state index contributed by atoms with van der Waals surface area (Å²) in [5.41, 5.74) is 1.29. The highest BCUT2D eigenvalue weighted by Gasteiger charge is 2.01. The average molecular weight is 213 g/mol. The summed E-state index contributed by atoms with van der Waals surface area (Å²) in [5.74, 6) is 0.786. The summed E-state index contributed by atoms with van der Waals surface area (Å²) in [5, 5.41) is 0.723. The third-order valence-corrected chi connectivity index (χ3v) is 2.41. The van der Waals surface area contributed by atoms with Crippen molar-refractivity contribution in [2.75, 3.05) is 6.61 Å². The average Bonchev–Trinajstić information content (AvgIpc) is 2.19. The lowest BCUT2D eigenvalue weighted by Crippen LogP contribution is -1.93. The van der Waals surface area contributed by atoms with Gasteiger partial charge in [0.05, 0.1) is 11.6 Å². The van der Waals surface area contributed by atoms with Crippen LogP contribution in [0.3, 0.4) is 0 Å². The van der Waals surface area contributed by atoms with Crippen LogP contribution in [0.25, 0.3) is 0 Å². The Kier molecular flexibility index (Phi) is 4.81. The van der Waals surface area contributed by atoms with Crippen molar-refractivity contribution in [2.45, 2.75) is 33.1 Å². The topological polar surface area (TPSA) is 9.23 Å². The standard InChI is InChI=1S/C12H17ClO/c1-3-5-6-10-7-8-12(14-4-2)11(13)9-10/h7-9H,3-6H2,1-2H3. The lowest BCUT2D eigenvalue weighted by Gasteiger charge is -2.07. The predicted molar refractivity (Wildman–Crippen MR) is 61.2 cm³/mol. The molecule has 0 atom stereocenters. The van der Waals surface area contributed by atoms with Gasteiger partial charge >= 0.3 is 0 Å². The first kappa shape index (κ1) is 11.4. The van der Waals surface area contributed by atoms with Gasteiger partial charge in [-0.3, -0.25) is 0 Å². The number of ether oxygens (including phenoxy) is 1. The molecule has 0 bridgehead atoms. The number of rotatable bonds is 5. The molecular formula is C12H17ClO. The number of aryl methyl sites for hydroxylation is 1. The summed E-state index contributed by atoms with van der Waals surface area (Å²) >= 11 is 6.06. The maximum atomic E-state index is 6.06. The lowest BCUT2D eigenvalue weighted by atomic mass is 10.1. The van der Waals surface area contributed by atoms with Gasteiger partial charge in [0.25, 0.3) is 0 Å². The Morgan fingerprint density at radius 2 is 2.07 bits per heavy atom. The zero-order chi connectivity index (χ0) is 10.4. The molecule has 0 radical (unpaired) electrons. The first-order valence-electron chi connectivity index (χ1n) is 5.19. The zero-order valence-electron chi connectivity index (χ0n) is 8.85. The number of benzene rings is 1. The molecule has 0 amide bonds. The molecule has 0 aliphatic carbocycles. The number of halogens is 1. The van der Waals surface area contributed by atoms with Gasteiger partial charge in [0.2, 0.25) is 0 Å². The predicted octanol–water partition coefficient (Wildman–Crippen LogP) is 4.08. The van der Waals surface area contributed by atoms with Gasteiger partial charge in [-0.1, -0.05) is 31.0 Å². The van der Waals surface area contributed by atoms with E-state index in [1.54, 1.807) is 0 Å². The molecule has 0 fully saturated rings. The molecule has 0 aromatic heterocycles. The first-order chi connectivity index (χ1) is 6.77. The van der Waals surface area contributed by atoms with Crippen LogP contribution in [0.5, 0.6) is 5.75 Å². The normalized spacial score (nSPS) is 10.2. The maximum Gasteiger partial charge on any atom is 0.137 e.